The number of benzene rings is 1. The number of hydrogen-bond acceptors (Lipinski definition) is 7. The summed E-state index contributed by atoms with van der Waals surface area (Å²) in [5.74, 6) is -1.29. The number of alkyl carbamates (subject to hydrolysis) is 1. The van der Waals surface area contributed by atoms with E-state index in [2.05, 4.69) is 5.32 Å². The van der Waals surface area contributed by atoms with Gasteiger partial charge < -0.3 is 24.6 Å². The second-order valence-corrected chi connectivity index (χ2v) is 8.96. The van der Waals surface area contributed by atoms with Gasteiger partial charge in [0.05, 0.1) is 25.0 Å². The van der Waals surface area contributed by atoms with Gasteiger partial charge in [-0.25, -0.2) is 4.79 Å². The summed E-state index contributed by atoms with van der Waals surface area (Å²) < 4.78 is 15.6. The van der Waals surface area contributed by atoms with Crippen molar-refractivity contribution in [2.75, 3.05) is 0 Å². The van der Waals surface area contributed by atoms with E-state index in [-0.39, 0.29) is 13.0 Å². The van der Waals surface area contributed by atoms with Gasteiger partial charge in [0.15, 0.2) is 0 Å². The molecule has 0 fully saturated rings. The van der Waals surface area contributed by atoms with E-state index in [9.17, 15) is 19.5 Å². The molecule has 0 radical (unpaired) electrons. The van der Waals surface area contributed by atoms with Crippen molar-refractivity contribution in [2.45, 2.75) is 84.3 Å². The van der Waals surface area contributed by atoms with Crippen molar-refractivity contribution in [1.29, 1.82) is 0 Å². The molecule has 168 valence electrons. The minimum atomic E-state index is -1.36. The summed E-state index contributed by atoms with van der Waals surface area (Å²) in [6.45, 7) is 10.2. The van der Waals surface area contributed by atoms with Crippen molar-refractivity contribution in [3.05, 3.63) is 35.9 Å². The van der Waals surface area contributed by atoms with Gasteiger partial charge in [-0.05, 0) is 47.1 Å². The fourth-order valence-corrected chi connectivity index (χ4v) is 2.41. The summed E-state index contributed by atoms with van der Waals surface area (Å²) in [5, 5.41) is 12.9. The number of hydrogen-bond donors (Lipinski definition) is 2. The molecule has 0 saturated carbocycles. The topological polar surface area (TPSA) is 111 Å². The lowest BCUT2D eigenvalue weighted by Gasteiger charge is -2.27. The normalized spacial score (nSPS) is 13.7. The molecule has 1 rings (SSSR count). The third-order valence-corrected chi connectivity index (χ3v) is 3.59. The number of aliphatic hydroxyl groups excluding tert-OH is 1. The average Bonchev–Trinajstić information content (AvgIpc) is 2.57. The van der Waals surface area contributed by atoms with Crippen LogP contribution in [0.3, 0.4) is 0 Å². The molecule has 0 aliphatic rings. The summed E-state index contributed by atoms with van der Waals surface area (Å²) in [6.07, 6.45) is -2.91. The van der Waals surface area contributed by atoms with E-state index in [1.807, 2.05) is 18.2 Å². The third-order valence-electron chi connectivity index (χ3n) is 3.59. The first kappa shape index (κ1) is 25.4. The van der Waals surface area contributed by atoms with Gasteiger partial charge >= 0.3 is 18.0 Å². The Bertz CT molecular complexity index is 704. The zero-order chi connectivity index (χ0) is 22.9. The van der Waals surface area contributed by atoms with Crippen molar-refractivity contribution in [1.82, 2.24) is 5.32 Å². The van der Waals surface area contributed by atoms with Crippen molar-refractivity contribution >= 4 is 18.0 Å². The highest BCUT2D eigenvalue weighted by molar-refractivity contribution is 5.74. The van der Waals surface area contributed by atoms with E-state index >= 15 is 0 Å². The van der Waals surface area contributed by atoms with Crippen LogP contribution >= 0.6 is 0 Å². The van der Waals surface area contributed by atoms with Crippen LogP contribution in [0.2, 0.25) is 0 Å². The Morgan fingerprint density at radius 1 is 0.900 bits per heavy atom. The third kappa shape index (κ3) is 11.4. The van der Waals surface area contributed by atoms with Crippen LogP contribution < -0.4 is 5.32 Å². The van der Waals surface area contributed by atoms with Crippen LogP contribution in [0, 0.1) is 0 Å². The maximum Gasteiger partial charge on any atom is 0.407 e. The van der Waals surface area contributed by atoms with Gasteiger partial charge in [-0.3, -0.25) is 9.59 Å². The number of carbonyl (C=O) groups is 3. The molecule has 0 aliphatic carbocycles. The molecule has 8 heteroatoms. The number of rotatable bonds is 8. The first-order valence-electron chi connectivity index (χ1n) is 9.84. The molecule has 8 nitrogen and oxygen atoms in total. The molecule has 1 aromatic rings. The van der Waals surface area contributed by atoms with E-state index in [1.165, 1.54) is 0 Å². The highest BCUT2D eigenvalue weighted by Crippen LogP contribution is 2.14. The van der Waals surface area contributed by atoms with E-state index in [1.54, 1.807) is 53.7 Å². The minimum absolute atomic E-state index is 0.0565. The van der Waals surface area contributed by atoms with Crippen molar-refractivity contribution in [2.24, 2.45) is 0 Å². The van der Waals surface area contributed by atoms with Gasteiger partial charge in [0.2, 0.25) is 0 Å². The van der Waals surface area contributed by atoms with Gasteiger partial charge in [0, 0.05) is 0 Å². The Morgan fingerprint density at radius 3 is 2.00 bits per heavy atom. The molecule has 1 amide bonds. The number of aliphatic hydroxyl groups is 1. The molecule has 2 N–H and O–H groups in total. The summed E-state index contributed by atoms with van der Waals surface area (Å²) in [6, 6.07) is 8.01. The van der Waals surface area contributed by atoms with Crippen molar-refractivity contribution < 1.29 is 33.7 Å². The molecule has 0 heterocycles. The molecule has 0 aliphatic heterocycles. The Morgan fingerprint density at radius 2 is 1.47 bits per heavy atom. The number of amides is 1. The van der Waals surface area contributed by atoms with Gasteiger partial charge in [0.1, 0.15) is 17.8 Å². The number of esters is 2. The second-order valence-electron chi connectivity index (χ2n) is 8.96. The van der Waals surface area contributed by atoms with Crippen LogP contribution in [-0.2, 0) is 30.4 Å². The highest BCUT2D eigenvalue weighted by Gasteiger charge is 2.30. The largest absolute Gasteiger partial charge is 0.461 e. The molecular weight excluding hydrogens is 390 g/mol. The summed E-state index contributed by atoms with van der Waals surface area (Å²) in [5.41, 5.74) is -0.685. The Hall–Kier alpha value is -2.61. The second kappa shape index (κ2) is 11.0. The number of ether oxygens (including phenoxy) is 3. The lowest BCUT2D eigenvalue weighted by atomic mass is 10.0. The van der Waals surface area contributed by atoms with Crippen LogP contribution in [-0.4, -0.2) is 46.5 Å². The molecular formula is C22H33NO7. The van der Waals surface area contributed by atoms with Crippen LogP contribution in [0.15, 0.2) is 30.3 Å². The average molecular weight is 424 g/mol. The molecule has 0 spiro atoms. The lowest BCUT2D eigenvalue weighted by Crippen LogP contribution is -2.47. The summed E-state index contributed by atoms with van der Waals surface area (Å²) >= 11 is 0. The monoisotopic (exact) mass is 423 g/mol. The first-order valence-corrected chi connectivity index (χ1v) is 9.84. The predicted octanol–water partition coefficient (Wildman–Crippen LogP) is 3.11. The maximum atomic E-state index is 12.3. The predicted molar refractivity (Wildman–Crippen MR) is 110 cm³/mol. The standard InChI is InChI=1S/C22H33NO7/c1-21(2,3)29-19(26)13-17(24)16(23-20(27)30-22(4,5)6)12-18(25)28-14-15-10-8-7-9-11-15/h7-11,16-17,24H,12-14H2,1-6H3,(H,23,27). The summed E-state index contributed by atoms with van der Waals surface area (Å²) in [7, 11) is 0. The molecule has 1 aromatic carbocycles. The van der Waals surface area contributed by atoms with Crippen LogP contribution in [0.4, 0.5) is 4.79 Å². The molecule has 2 unspecified atom stereocenters. The van der Waals surface area contributed by atoms with Gasteiger partial charge in [-0.2, -0.15) is 0 Å². The van der Waals surface area contributed by atoms with Crippen molar-refractivity contribution in [3.8, 4) is 0 Å². The molecule has 0 saturated heterocycles. The number of nitrogens with one attached hydrogen (secondary N) is 1. The fourth-order valence-electron chi connectivity index (χ4n) is 2.41. The Kier molecular flexibility index (Phi) is 9.29. The quantitative estimate of drug-likeness (QED) is 0.488. The van der Waals surface area contributed by atoms with Gasteiger partial charge in [0.25, 0.3) is 0 Å². The van der Waals surface area contributed by atoms with Crippen LogP contribution in [0.5, 0.6) is 0 Å². The van der Waals surface area contributed by atoms with Gasteiger partial charge in [-0.15, -0.1) is 0 Å². The minimum Gasteiger partial charge on any atom is -0.461 e. The lowest BCUT2D eigenvalue weighted by molar-refractivity contribution is -0.158. The van der Waals surface area contributed by atoms with E-state index in [0.29, 0.717) is 0 Å². The zero-order valence-electron chi connectivity index (χ0n) is 18.6. The SMILES string of the molecule is CC(C)(C)OC(=O)CC(O)C(CC(=O)OCc1ccccc1)NC(=O)OC(C)(C)C. The van der Waals surface area contributed by atoms with Crippen LogP contribution in [0.1, 0.15) is 59.9 Å². The zero-order valence-corrected chi connectivity index (χ0v) is 18.6. The maximum absolute atomic E-state index is 12.3. The molecule has 2 atom stereocenters. The van der Waals surface area contributed by atoms with E-state index < -0.39 is 47.8 Å². The van der Waals surface area contributed by atoms with Gasteiger partial charge in [-0.1, -0.05) is 30.3 Å². The smallest absolute Gasteiger partial charge is 0.407 e. The molecule has 0 aromatic heterocycles. The number of carbonyl (C=O) groups excluding carboxylic acids is 3. The first-order chi connectivity index (χ1) is 13.7. The molecule has 30 heavy (non-hydrogen) atoms. The molecule has 0 bridgehead atoms. The Labute approximate surface area is 177 Å². The summed E-state index contributed by atoms with van der Waals surface area (Å²) in [4.78, 5) is 36.4. The van der Waals surface area contributed by atoms with E-state index in [0.717, 1.165) is 5.56 Å². The fraction of sp³-hybridized carbons (Fsp3) is 0.591. The van der Waals surface area contributed by atoms with Crippen molar-refractivity contribution in [3.63, 3.8) is 0 Å². The van der Waals surface area contributed by atoms with Crippen LogP contribution in [0.25, 0.3) is 0 Å². The Balaban J connectivity index is 2.76. The highest BCUT2D eigenvalue weighted by atomic mass is 16.6. The van der Waals surface area contributed by atoms with E-state index in [4.69, 9.17) is 14.2 Å².